The number of hydrogen-bond acceptors (Lipinski definition) is 0. The first-order valence-electron chi connectivity index (χ1n) is 0. The Balaban J connectivity index is 0. The molecular weight excluding hydrogens is 266 g/mol. The molecule has 0 aliphatic rings. The van der Waals surface area contributed by atoms with Gasteiger partial charge in [0.15, 0.2) is 0 Å². The minimum Gasteiger partial charge on any atom is -0.412 e. The standard InChI is InChI=1S/2Al.6H2O.Si.Sr/h;;6*1H2;;. The van der Waals surface area contributed by atoms with Gasteiger partial charge in [0.25, 0.3) is 0 Å². The van der Waals surface area contributed by atoms with E-state index in [1.807, 2.05) is 0 Å². The van der Waals surface area contributed by atoms with E-state index in [1.165, 1.54) is 0 Å². The van der Waals surface area contributed by atoms with Crippen LogP contribution in [0.4, 0.5) is 0 Å². The second kappa shape index (κ2) is 201. The molecule has 0 saturated carbocycles. The first-order chi connectivity index (χ1) is 0. The van der Waals surface area contributed by atoms with Crippen molar-refractivity contribution in [2.24, 2.45) is 0 Å². The summed E-state index contributed by atoms with van der Waals surface area (Å²) in [7, 11) is 0. The van der Waals surface area contributed by atoms with Gasteiger partial charge >= 0.3 is 0 Å². The molecule has 60 valence electrons. The van der Waals surface area contributed by atoms with Crippen LogP contribution in [0.25, 0.3) is 0 Å². The van der Waals surface area contributed by atoms with E-state index in [0.717, 1.165) is 0 Å². The van der Waals surface area contributed by atoms with Crippen LogP contribution in [0.5, 0.6) is 0 Å². The van der Waals surface area contributed by atoms with Crippen molar-refractivity contribution in [1.29, 1.82) is 0 Å². The van der Waals surface area contributed by atoms with Gasteiger partial charge < -0.3 is 32.9 Å². The maximum Gasteiger partial charge on any atom is 0 e. The van der Waals surface area contributed by atoms with Gasteiger partial charge in [-0.1, -0.05) is 0 Å². The van der Waals surface area contributed by atoms with Gasteiger partial charge in [-0.2, -0.15) is 0 Å². The summed E-state index contributed by atoms with van der Waals surface area (Å²) in [6.07, 6.45) is 0. The van der Waals surface area contributed by atoms with Gasteiger partial charge in [-0.15, -0.1) is 0 Å². The largest absolute Gasteiger partial charge is 0.412 e. The van der Waals surface area contributed by atoms with Crippen molar-refractivity contribution in [3.05, 3.63) is 0 Å². The monoisotopic (exact) mass is 278 g/mol. The van der Waals surface area contributed by atoms with Crippen molar-refractivity contribution in [3.8, 4) is 0 Å². The molecule has 0 atom stereocenters. The van der Waals surface area contributed by atoms with Crippen LogP contribution >= 0.6 is 0 Å². The second-order valence-corrected chi connectivity index (χ2v) is 0. The molecule has 0 fully saturated rings. The van der Waals surface area contributed by atoms with Gasteiger partial charge in [0, 0.05) is 91.2 Å². The molecule has 12 radical (unpaired) electrons. The van der Waals surface area contributed by atoms with Gasteiger partial charge in [-0.3, -0.25) is 0 Å². The summed E-state index contributed by atoms with van der Waals surface area (Å²) in [6.45, 7) is 0. The zero-order chi connectivity index (χ0) is 0. The van der Waals surface area contributed by atoms with Crippen LogP contribution in [0.2, 0.25) is 0 Å². The van der Waals surface area contributed by atoms with Crippen LogP contribution in [0.15, 0.2) is 0 Å². The van der Waals surface area contributed by atoms with Crippen molar-refractivity contribution in [2.45, 2.75) is 0 Å². The molecule has 0 aromatic rings. The van der Waals surface area contributed by atoms with Crippen LogP contribution < -0.4 is 0 Å². The third kappa shape index (κ3) is 150. The molecule has 0 saturated heterocycles. The van der Waals surface area contributed by atoms with Crippen LogP contribution in [0.1, 0.15) is 0 Å². The quantitative estimate of drug-likeness (QED) is 0.381. The van der Waals surface area contributed by atoms with E-state index < -0.39 is 0 Å². The molecule has 10 heteroatoms. The molecule has 0 aliphatic carbocycles. The molecule has 0 amide bonds. The Bertz CT molecular complexity index is 15.7. The predicted molar refractivity (Wildman–Crippen MR) is 44.7 cm³/mol. The smallest absolute Gasteiger partial charge is 0 e. The first-order valence-corrected chi connectivity index (χ1v) is 0. The van der Waals surface area contributed by atoms with E-state index in [2.05, 4.69) is 0 Å². The number of rotatable bonds is 0. The molecular formula is H12Al2O6SiSr. The fraction of sp³-hybridized carbons (Fsp3) is 0. The summed E-state index contributed by atoms with van der Waals surface area (Å²) in [5, 5.41) is 0. The normalized spacial score (nSPS) is 0. The summed E-state index contributed by atoms with van der Waals surface area (Å²) in [6, 6.07) is 0. The summed E-state index contributed by atoms with van der Waals surface area (Å²) in [5.74, 6) is 0. The van der Waals surface area contributed by atoms with Crippen molar-refractivity contribution in [3.63, 3.8) is 0 Å². The number of hydrogen-bond donors (Lipinski definition) is 0. The first kappa shape index (κ1) is 261. The molecule has 0 aromatic heterocycles. The van der Waals surface area contributed by atoms with E-state index >= 15 is 0 Å². The van der Waals surface area contributed by atoms with E-state index in [0.29, 0.717) is 0 Å². The van der Waals surface area contributed by atoms with E-state index in [4.69, 9.17) is 0 Å². The topological polar surface area (TPSA) is 189 Å². The molecule has 0 aliphatic heterocycles. The SMILES string of the molecule is O.O.O.O.O.O.[Al].[Al].[Si].[Sr]. The van der Waals surface area contributed by atoms with Crippen molar-refractivity contribution >= 4 is 91.2 Å². The maximum atomic E-state index is 0. The van der Waals surface area contributed by atoms with Crippen LogP contribution in [-0.2, 0) is 0 Å². The minimum atomic E-state index is 0. The molecule has 6 nitrogen and oxygen atoms in total. The predicted octanol–water partition coefficient (Wildman–Crippen LogP) is -6.47. The fourth-order valence-corrected chi connectivity index (χ4v) is 0. The van der Waals surface area contributed by atoms with Gasteiger partial charge in [0.05, 0.1) is 0 Å². The Morgan fingerprint density at radius 1 is 0.400 bits per heavy atom. The molecule has 0 rings (SSSR count). The molecule has 12 N–H and O–H groups in total. The van der Waals surface area contributed by atoms with Gasteiger partial charge in [-0.05, 0) is 0 Å². The van der Waals surface area contributed by atoms with Gasteiger partial charge in [0.1, 0.15) is 0 Å². The summed E-state index contributed by atoms with van der Waals surface area (Å²) < 4.78 is 0. The zero-order valence-corrected chi connectivity index (χ0v) is 12.1. The van der Waals surface area contributed by atoms with Gasteiger partial charge in [-0.25, -0.2) is 0 Å². The Morgan fingerprint density at radius 2 is 0.400 bits per heavy atom. The van der Waals surface area contributed by atoms with Crippen LogP contribution in [0, 0.1) is 0 Å². The molecule has 0 unspecified atom stereocenters. The summed E-state index contributed by atoms with van der Waals surface area (Å²) in [4.78, 5) is 0. The van der Waals surface area contributed by atoms with Crippen molar-refractivity contribution in [2.75, 3.05) is 0 Å². The van der Waals surface area contributed by atoms with Gasteiger partial charge in [0.2, 0.25) is 0 Å². The molecule has 0 spiro atoms. The Labute approximate surface area is 122 Å². The Kier molecular flexibility index (Phi) is 5240. The molecule has 0 aromatic carbocycles. The third-order valence-corrected chi connectivity index (χ3v) is 0. The average Bonchev–Trinajstić information content (AvgIpc) is 0. The molecule has 10 heavy (non-hydrogen) atoms. The minimum absolute atomic E-state index is 0. The summed E-state index contributed by atoms with van der Waals surface area (Å²) in [5.41, 5.74) is 0. The van der Waals surface area contributed by atoms with Crippen molar-refractivity contribution < 1.29 is 32.9 Å². The van der Waals surface area contributed by atoms with E-state index in [9.17, 15) is 0 Å². The van der Waals surface area contributed by atoms with Crippen molar-refractivity contribution in [1.82, 2.24) is 0 Å². The van der Waals surface area contributed by atoms with E-state index in [1.54, 1.807) is 0 Å². The maximum absolute atomic E-state index is 0. The Morgan fingerprint density at radius 3 is 0.400 bits per heavy atom. The van der Waals surface area contributed by atoms with E-state index in [-0.39, 0.29) is 124 Å². The molecule has 0 heterocycles. The van der Waals surface area contributed by atoms with Crippen LogP contribution in [0.3, 0.4) is 0 Å². The van der Waals surface area contributed by atoms with Crippen LogP contribution in [-0.4, -0.2) is 124 Å². The third-order valence-electron chi connectivity index (χ3n) is 0. The average molecular weight is 278 g/mol. The Hall–Kier alpha value is 2.52. The molecule has 0 bridgehead atoms. The summed E-state index contributed by atoms with van der Waals surface area (Å²) >= 11 is 0. The fourth-order valence-electron chi connectivity index (χ4n) is 0. The zero-order valence-electron chi connectivity index (χ0n) is 5.36. The second-order valence-electron chi connectivity index (χ2n) is 0.